The molecule has 2 rings (SSSR count). The van der Waals surface area contributed by atoms with E-state index < -0.39 is 5.41 Å². The van der Waals surface area contributed by atoms with Crippen LogP contribution in [-0.4, -0.2) is 30.7 Å². The third-order valence-electron chi connectivity index (χ3n) is 3.94. The van der Waals surface area contributed by atoms with Crippen molar-refractivity contribution in [3.63, 3.8) is 0 Å². The Balaban J connectivity index is 1.90. The second-order valence-electron chi connectivity index (χ2n) is 5.09. The molecular weight excluding hydrogens is 236 g/mol. The van der Waals surface area contributed by atoms with Crippen LogP contribution in [0.3, 0.4) is 0 Å². The molecule has 0 aromatic heterocycles. The highest BCUT2D eigenvalue weighted by atomic mass is 32.1. The number of thiocarbonyl (C=S) groups is 1. The Morgan fingerprint density at radius 3 is 2.71 bits per heavy atom. The van der Waals surface area contributed by atoms with E-state index in [4.69, 9.17) is 22.7 Å². The molecular formula is C12H20N2O2S. The Morgan fingerprint density at radius 1 is 1.47 bits per heavy atom. The molecule has 17 heavy (non-hydrogen) atoms. The Hall–Kier alpha value is -0.680. The lowest BCUT2D eigenvalue weighted by Crippen LogP contribution is -2.48. The van der Waals surface area contributed by atoms with Gasteiger partial charge in [0.25, 0.3) is 0 Å². The molecule has 5 heteroatoms. The van der Waals surface area contributed by atoms with Crippen LogP contribution in [0.4, 0.5) is 0 Å². The molecule has 1 atom stereocenters. The van der Waals surface area contributed by atoms with E-state index in [-0.39, 0.29) is 5.91 Å². The topological polar surface area (TPSA) is 64.4 Å². The van der Waals surface area contributed by atoms with Crippen LogP contribution in [-0.2, 0) is 9.53 Å². The fraction of sp³-hybridized carbons (Fsp3) is 0.833. The van der Waals surface area contributed by atoms with E-state index in [0.717, 1.165) is 45.3 Å². The molecule has 1 saturated heterocycles. The van der Waals surface area contributed by atoms with Crippen molar-refractivity contribution in [2.75, 3.05) is 19.8 Å². The van der Waals surface area contributed by atoms with Crippen LogP contribution in [0, 0.1) is 11.3 Å². The molecule has 0 aromatic rings. The average molecular weight is 256 g/mol. The zero-order valence-corrected chi connectivity index (χ0v) is 10.9. The van der Waals surface area contributed by atoms with Crippen molar-refractivity contribution in [1.29, 1.82) is 0 Å². The number of nitrogens with two attached hydrogens (primary N) is 1. The standard InChI is InChI=1S/C12H20N2O2S/c13-10(17)12(4-1-2-5-12)11(15)14-7-9-3-6-16-8-9/h9H,1-8H2,(H2,13,17)(H,14,15). The molecule has 4 nitrogen and oxygen atoms in total. The summed E-state index contributed by atoms with van der Waals surface area (Å²) in [6.07, 6.45) is 4.71. The highest BCUT2D eigenvalue weighted by Gasteiger charge is 2.43. The average Bonchev–Trinajstić information content (AvgIpc) is 2.97. The highest BCUT2D eigenvalue weighted by Crippen LogP contribution is 2.38. The molecule has 0 aromatic carbocycles. The Labute approximate surface area is 107 Å². The number of rotatable bonds is 4. The summed E-state index contributed by atoms with van der Waals surface area (Å²) in [5.41, 5.74) is 5.19. The van der Waals surface area contributed by atoms with Crippen LogP contribution in [0.2, 0.25) is 0 Å². The minimum Gasteiger partial charge on any atom is -0.392 e. The molecule has 1 unspecified atom stereocenters. The summed E-state index contributed by atoms with van der Waals surface area (Å²) in [6, 6.07) is 0. The van der Waals surface area contributed by atoms with Gasteiger partial charge >= 0.3 is 0 Å². The number of hydrogen-bond acceptors (Lipinski definition) is 3. The number of ether oxygens (including phenoxy) is 1. The summed E-state index contributed by atoms with van der Waals surface area (Å²) in [5.74, 6) is 0.471. The van der Waals surface area contributed by atoms with E-state index in [1.165, 1.54) is 0 Å². The predicted octanol–water partition coefficient (Wildman–Crippen LogP) is 0.986. The zero-order valence-electron chi connectivity index (χ0n) is 10.0. The number of carbonyl (C=O) groups is 1. The molecule has 3 N–H and O–H groups in total. The molecule has 1 aliphatic heterocycles. The minimum atomic E-state index is -0.575. The minimum absolute atomic E-state index is 0.0226. The molecule has 1 aliphatic carbocycles. The van der Waals surface area contributed by atoms with Crippen molar-refractivity contribution in [1.82, 2.24) is 5.32 Å². The summed E-state index contributed by atoms with van der Waals surface area (Å²) in [7, 11) is 0. The molecule has 96 valence electrons. The molecule has 0 bridgehead atoms. The van der Waals surface area contributed by atoms with Gasteiger partial charge in [-0.25, -0.2) is 0 Å². The van der Waals surface area contributed by atoms with Crippen molar-refractivity contribution in [2.45, 2.75) is 32.1 Å². The number of hydrogen-bond donors (Lipinski definition) is 2. The Morgan fingerprint density at radius 2 is 2.18 bits per heavy atom. The number of carbonyl (C=O) groups excluding carboxylic acids is 1. The predicted molar refractivity (Wildman–Crippen MR) is 69.6 cm³/mol. The third kappa shape index (κ3) is 2.60. The molecule has 1 amide bonds. The first-order valence-electron chi connectivity index (χ1n) is 6.31. The number of amides is 1. The second-order valence-corrected chi connectivity index (χ2v) is 5.53. The lowest BCUT2D eigenvalue weighted by Gasteiger charge is -2.26. The lowest BCUT2D eigenvalue weighted by molar-refractivity contribution is -0.127. The van der Waals surface area contributed by atoms with Gasteiger partial charge in [-0.1, -0.05) is 25.1 Å². The molecule has 2 aliphatic rings. The second kappa shape index (κ2) is 5.31. The lowest BCUT2D eigenvalue weighted by atomic mass is 9.85. The van der Waals surface area contributed by atoms with E-state index in [2.05, 4.69) is 5.32 Å². The third-order valence-corrected chi connectivity index (χ3v) is 4.33. The maximum Gasteiger partial charge on any atom is 0.233 e. The molecule has 2 fully saturated rings. The fourth-order valence-electron chi connectivity index (χ4n) is 2.71. The van der Waals surface area contributed by atoms with Gasteiger partial charge in [-0.2, -0.15) is 0 Å². The molecule has 0 radical (unpaired) electrons. The van der Waals surface area contributed by atoms with Crippen molar-refractivity contribution < 1.29 is 9.53 Å². The summed E-state index contributed by atoms with van der Waals surface area (Å²) in [4.78, 5) is 12.6. The zero-order chi connectivity index (χ0) is 12.3. The maximum absolute atomic E-state index is 12.2. The van der Waals surface area contributed by atoms with E-state index in [1.54, 1.807) is 0 Å². The maximum atomic E-state index is 12.2. The highest BCUT2D eigenvalue weighted by molar-refractivity contribution is 7.80. The van der Waals surface area contributed by atoms with Crippen LogP contribution in [0.1, 0.15) is 32.1 Å². The van der Waals surface area contributed by atoms with Gasteiger partial charge in [-0.05, 0) is 19.3 Å². The van der Waals surface area contributed by atoms with E-state index in [0.29, 0.717) is 17.5 Å². The van der Waals surface area contributed by atoms with Crippen LogP contribution >= 0.6 is 12.2 Å². The first-order chi connectivity index (χ1) is 8.15. The largest absolute Gasteiger partial charge is 0.392 e. The monoisotopic (exact) mass is 256 g/mol. The van der Waals surface area contributed by atoms with Gasteiger partial charge in [-0.3, -0.25) is 4.79 Å². The van der Waals surface area contributed by atoms with Crippen molar-refractivity contribution in [2.24, 2.45) is 17.1 Å². The van der Waals surface area contributed by atoms with Crippen LogP contribution < -0.4 is 11.1 Å². The van der Waals surface area contributed by atoms with Crippen LogP contribution in [0.15, 0.2) is 0 Å². The van der Waals surface area contributed by atoms with E-state index in [9.17, 15) is 4.79 Å². The SMILES string of the molecule is NC(=S)C1(C(=O)NCC2CCOC2)CCCC1. The Bertz CT molecular complexity index is 308. The van der Waals surface area contributed by atoms with Crippen molar-refractivity contribution in [3.8, 4) is 0 Å². The van der Waals surface area contributed by atoms with Crippen molar-refractivity contribution >= 4 is 23.1 Å². The van der Waals surface area contributed by atoms with E-state index >= 15 is 0 Å². The van der Waals surface area contributed by atoms with Gasteiger partial charge in [-0.15, -0.1) is 0 Å². The first kappa shape index (κ1) is 12.8. The first-order valence-corrected chi connectivity index (χ1v) is 6.72. The van der Waals surface area contributed by atoms with Gasteiger partial charge in [0.05, 0.1) is 17.0 Å². The van der Waals surface area contributed by atoms with Gasteiger partial charge < -0.3 is 15.8 Å². The summed E-state index contributed by atoms with van der Waals surface area (Å²) in [6.45, 7) is 2.24. The quantitative estimate of drug-likeness (QED) is 0.736. The summed E-state index contributed by atoms with van der Waals surface area (Å²) >= 11 is 5.08. The van der Waals surface area contributed by atoms with Gasteiger partial charge in [0, 0.05) is 19.1 Å². The smallest absolute Gasteiger partial charge is 0.233 e. The van der Waals surface area contributed by atoms with Crippen molar-refractivity contribution in [3.05, 3.63) is 0 Å². The van der Waals surface area contributed by atoms with Gasteiger partial charge in [0.2, 0.25) is 5.91 Å². The van der Waals surface area contributed by atoms with Crippen LogP contribution in [0.25, 0.3) is 0 Å². The van der Waals surface area contributed by atoms with Gasteiger partial charge in [0.15, 0.2) is 0 Å². The van der Waals surface area contributed by atoms with E-state index in [1.807, 2.05) is 0 Å². The van der Waals surface area contributed by atoms with Gasteiger partial charge in [0.1, 0.15) is 0 Å². The number of nitrogens with one attached hydrogen (secondary N) is 1. The molecule has 0 spiro atoms. The molecule has 1 saturated carbocycles. The fourth-order valence-corrected chi connectivity index (χ4v) is 3.01. The summed E-state index contributed by atoms with van der Waals surface area (Å²) < 4.78 is 5.29. The Kier molecular flexibility index (Phi) is 3.99. The normalized spacial score (nSPS) is 26.9. The van der Waals surface area contributed by atoms with Crippen LogP contribution in [0.5, 0.6) is 0 Å². The molecule has 1 heterocycles. The summed E-state index contributed by atoms with van der Waals surface area (Å²) in [5, 5.41) is 3.00.